The molecule has 2 aromatic rings. The van der Waals surface area contributed by atoms with Crippen LogP contribution in [0.3, 0.4) is 0 Å². The first-order valence-electron chi connectivity index (χ1n) is 8.17. The lowest BCUT2D eigenvalue weighted by molar-refractivity contribution is 0.0772. The lowest BCUT2D eigenvalue weighted by atomic mass is 10.1. The molecule has 6 nitrogen and oxygen atoms in total. The SMILES string of the molecule is CN(C)c1ncccc1O[C@H]1CCN(C(=O)c2ccc(C#N)cc2)C1. The van der Waals surface area contributed by atoms with Crippen molar-refractivity contribution in [2.45, 2.75) is 12.5 Å². The molecule has 128 valence electrons. The molecule has 1 aromatic heterocycles. The Bertz CT molecular complexity index is 796. The van der Waals surface area contributed by atoms with Gasteiger partial charge in [0, 0.05) is 38.8 Å². The summed E-state index contributed by atoms with van der Waals surface area (Å²) >= 11 is 0. The number of amides is 1. The van der Waals surface area contributed by atoms with Crippen LogP contribution in [0.1, 0.15) is 22.3 Å². The van der Waals surface area contributed by atoms with Gasteiger partial charge in [-0.3, -0.25) is 4.79 Å². The zero-order valence-corrected chi connectivity index (χ0v) is 14.3. The third kappa shape index (κ3) is 3.72. The number of carbonyl (C=O) groups is 1. The van der Waals surface area contributed by atoms with Gasteiger partial charge in [-0.05, 0) is 36.4 Å². The highest BCUT2D eigenvalue weighted by Crippen LogP contribution is 2.27. The van der Waals surface area contributed by atoms with E-state index in [0.717, 1.165) is 18.0 Å². The van der Waals surface area contributed by atoms with E-state index in [1.807, 2.05) is 31.1 Å². The van der Waals surface area contributed by atoms with Crippen LogP contribution in [0.4, 0.5) is 5.82 Å². The Morgan fingerprint density at radius 1 is 1.32 bits per heavy atom. The number of ether oxygens (including phenoxy) is 1. The summed E-state index contributed by atoms with van der Waals surface area (Å²) < 4.78 is 6.08. The molecule has 0 radical (unpaired) electrons. The van der Waals surface area contributed by atoms with Gasteiger partial charge in [0.05, 0.1) is 18.2 Å². The smallest absolute Gasteiger partial charge is 0.253 e. The third-order valence-corrected chi connectivity index (χ3v) is 4.16. The molecule has 0 N–H and O–H groups in total. The third-order valence-electron chi connectivity index (χ3n) is 4.16. The molecule has 1 atom stereocenters. The standard InChI is InChI=1S/C19H20N4O2/c1-22(2)18-17(4-3-10-21-18)25-16-9-11-23(13-16)19(24)15-7-5-14(12-20)6-8-15/h3-8,10,16H,9,11,13H2,1-2H3/t16-/m0/s1. The van der Waals surface area contributed by atoms with E-state index in [4.69, 9.17) is 10.00 Å². The van der Waals surface area contributed by atoms with Gasteiger partial charge in [-0.2, -0.15) is 5.26 Å². The Hall–Kier alpha value is -3.07. The summed E-state index contributed by atoms with van der Waals surface area (Å²) in [5.74, 6) is 1.47. The number of benzene rings is 1. The first-order chi connectivity index (χ1) is 12.1. The molecule has 0 spiro atoms. The number of anilines is 1. The highest BCUT2D eigenvalue weighted by atomic mass is 16.5. The monoisotopic (exact) mass is 336 g/mol. The van der Waals surface area contributed by atoms with Crippen LogP contribution in [0.2, 0.25) is 0 Å². The number of likely N-dealkylation sites (tertiary alicyclic amines) is 1. The summed E-state index contributed by atoms with van der Waals surface area (Å²) in [6, 6.07) is 12.5. The van der Waals surface area contributed by atoms with Crippen molar-refractivity contribution in [3.63, 3.8) is 0 Å². The van der Waals surface area contributed by atoms with E-state index in [2.05, 4.69) is 11.1 Å². The van der Waals surface area contributed by atoms with E-state index < -0.39 is 0 Å². The Labute approximate surface area is 147 Å². The number of rotatable bonds is 4. The summed E-state index contributed by atoms with van der Waals surface area (Å²) in [7, 11) is 3.84. The molecule has 1 saturated heterocycles. The van der Waals surface area contributed by atoms with Crippen LogP contribution in [-0.2, 0) is 0 Å². The van der Waals surface area contributed by atoms with Crippen molar-refractivity contribution in [3.05, 3.63) is 53.7 Å². The second-order valence-electron chi connectivity index (χ2n) is 6.19. The number of hydrogen-bond donors (Lipinski definition) is 0. The highest BCUT2D eigenvalue weighted by Gasteiger charge is 2.29. The van der Waals surface area contributed by atoms with Crippen molar-refractivity contribution in [1.82, 2.24) is 9.88 Å². The van der Waals surface area contributed by atoms with Crippen molar-refractivity contribution in [2.24, 2.45) is 0 Å². The van der Waals surface area contributed by atoms with Crippen molar-refractivity contribution < 1.29 is 9.53 Å². The quantitative estimate of drug-likeness (QED) is 0.857. The largest absolute Gasteiger partial charge is 0.485 e. The average molecular weight is 336 g/mol. The van der Waals surface area contributed by atoms with Crippen LogP contribution < -0.4 is 9.64 Å². The minimum Gasteiger partial charge on any atom is -0.485 e. The molecule has 6 heteroatoms. The van der Waals surface area contributed by atoms with Crippen LogP contribution in [-0.4, -0.2) is 49.1 Å². The molecular formula is C19H20N4O2. The zero-order chi connectivity index (χ0) is 17.8. The number of hydrogen-bond acceptors (Lipinski definition) is 5. The van der Waals surface area contributed by atoms with E-state index in [9.17, 15) is 4.79 Å². The fourth-order valence-electron chi connectivity index (χ4n) is 2.87. The molecule has 1 aliphatic heterocycles. The Balaban J connectivity index is 1.65. The number of nitrogens with zero attached hydrogens (tertiary/aromatic N) is 4. The summed E-state index contributed by atoms with van der Waals surface area (Å²) in [5, 5.41) is 8.84. The summed E-state index contributed by atoms with van der Waals surface area (Å²) in [4.78, 5) is 20.6. The number of aromatic nitrogens is 1. The van der Waals surface area contributed by atoms with Crippen molar-refractivity contribution in [3.8, 4) is 11.8 Å². The van der Waals surface area contributed by atoms with E-state index in [1.165, 1.54) is 0 Å². The van der Waals surface area contributed by atoms with Gasteiger partial charge in [0.1, 0.15) is 6.10 Å². The topological polar surface area (TPSA) is 69.5 Å². The Morgan fingerprint density at radius 2 is 2.08 bits per heavy atom. The molecule has 2 heterocycles. The zero-order valence-electron chi connectivity index (χ0n) is 14.3. The van der Waals surface area contributed by atoms with E-state index >= 15 is 0 Å². The molecule has 1 aliphatic rings. The van der Waals surface area contributed by atoms with Crippen LogP contribution in [0.25, 0.3) is 0 Å². The maximum atomic E-state index is 12.6. The van der Waals surface area contributed by atoms with Gasteiger partial charge in [-0.1, -0.05) is 0 Å². The van der Waals surface area contributed by atoms with Crippen LogP contribution in [0.15, 0.2) is 42.6 Å². The number of carbonyl (C=O) groups excluding carboxylic acids is 1. The molecule has 1 aromatic carbocycles. The second-order valence-corrected chi connectivity index (χ2v) is 6.19. The van der Waals surface area contributed by atoms with Crippen LogP contribution in [0, 0.1) is 11.3 Å². The average Bonchev–Trinajstić information content (AvgIpc) is 3.10. The van der Waals surface area contributed by atoms with Crippen LogP contribution >= 0.6 is 0 Å². The van der Waals surface area contributed by atoms with Crippen molar-refractivity contribution in [1.29, 1.82) is 5.26 Å². The second kappa shape index (κ2) is 7.22. The molecule has 25 heavy (non-hydrogen) atoms. The van der Waals surface area contributed by atoms with E-state index in [0.29, 0.717) is 24.2 Å². The molecule has 0 unspecified atom stereocenters. The lowest BCUT2D eigenvalue weighted by Gasteiger charge is -2.20. The predicted molar refractivity (Wildman–Crippen MR) is 94.7 cm³/mol. The van der Waals surface area contributed by atoms with Gasteiger partial charge in [0.25, 0.3) is 5.91 Å². The van der Waals surface area contributed by atoms with Crippen LogP contribution in [0.5, 0.6) is 5.75 Å². The molecular weight excluding hydrogens is 316 g/mol. The first kappa shape index (κ1) is 16.8. The van der Waals surface area contributed by atoms with Gasteiger partial charge in [0.15, 0.2) is 11.6 Å². The molecule has 0 bridgehead atoms. The fourth-order valence-corrected chi connectivity index (χ4v) is 2.87. The number of nitriles is 1. The molecule has 0 saturated carbocycles. The summed E-state index contributed by atoms with van der Waals surface area (Å²) in [6.45, 7) is 1.20. The number of pyridine rings is 1. The summed E-state index contributed by atoms with van der Waals surface area (Å²) in [6.07, 6.45) is 2.46. The minimum atomic E-state index is -0.0507. The fraction of sp³-hybridized carbons (Fsp3) is 0.316. The molecule has 1 amide bonds. The molecule has 1 fully saturated rings. The van der Waals surface area contributed by atoms with E-state index in [-0.39, 0.29) is 12.0 Å². The highest BCUT2D eigenvalue weighted by molar-refractivity contribution is 5.94. The Kier molecular flexibility index (Phi) is 4.85. The predicted octanol–water partition coefficient (Wildman–Crippen LogP) is 2.31. The van der Waals surface area contributed by atoms with Gasteiger partial charge in [0.2, 0.25) is 0 Å². The van der Waals surface area contributed by atoms with Gasteiger partial charge in [-0.25, -0.2) is 4.98 Å². The van der Waals surface area contributed by atoms with Gasteiger partial charge >= 0.3 is 0 Å². The normalized spacial score (nSPS) is 16.4. The van der Waals surface area contributed by atoms with Gasteiger partial charge < -0.3 is 14.5 Å². The first-order valence-corrected chi connectivity index (χ1v) is 8.17. The Morgan fingerprint density at radius 3 is 2.76 bits per heavy atom. The summed E-state index contributed by atoms with van der Waals surface area (Å²) in [5.41, 5.74) is 1.14. The molecule has 3 rings (SSSR count). The van der Waals surface area contributed by atoms with Crippen molar-refractivity contribution in [2.75, 3.05) is 32.1 Å². The van der Waals surface area contributed by atoms with Crippen molar-refractivity contribution >= 4 is 11.7 Å². The molecule has 0 aliphatic carbocycles. The lowest BCUT2D eigenvalue weighted by Crippen LogP contribution is -2.31. The van der Waals surface area contributed by atoms with E-state index in [1.54, 1.807) is 35.4 Å². The maximum absolute atomic E-state index is 12.6. The van der Waals surface area contributed by atoms with Gasteiger partial charge in [-0.15, -0.1) is 0 Å². The maximum Gasteiger partial charge on any atom is 0.253 e. The minimum absolute atomic E-state index is 0.0328.